The van der Waals surface area contributed by atoms with Crippen LogP contribution in [0.1, 0.15) is 18.9 Å². The Hall–Kier alpha value is -1.07. The van der Waals surface area contributed by atoms with Crippen molar-refractivity contribution in [3.63, 3.8) is 0 Å². The number of amides is 1. The largest absolute Gasteiger partial charge is 0.398 e. The standard InChI is InChI=1S/C13H17BrN2O2/c1-7-3-4-18-12(7)13(17)16-11-6-10(15)8(2)5-9(11)14/h5-7,12H,3-4,15H2,1-2H3,(H,16,17). The van der Waals surface area contributed by atoms with Crippen molar-refractivity contribution in [1.82, 2.24) is 0 Å². The topological polar surface area (TPSA) is 64.3 Å². The summed E-state index contributed by atoms with van der Waals surface area (Å²) < 4.78 is 6.26. The van der Waals surface area contributed by atoms with E-state index in [1.807, 2.05) is 19.9 Å². The van der Waals surface area contributed by atoms with Gasteiger partial charge in [-0.2, -0.15) is 0 Å². The number of hydrogen-bond acceptors (Lipinski definition) is 3. The Morgan fingerprint density at radius 3 is 2.89 bits per heavy atom. The minimum absolute atomic E-state index is 0.107. The van der Waals surface area contributed by atoms with Crippen LogP contribution in [0.25, 0.3) is 0 Å². The van der Waals surface area contributed by atoms with E-state index in [0.717, 1.165) is 16.5 Å². The molecule has 0 saturated carbocycles. The number of nitrogens with one attached hydrogen (secondary N) is 1. The van der Waals surface area contributed by atoms with E-state index in [9.17, 15) is 4.79 Å². The lowest BCUT2D eigenvalue weighted by Crippen LogP contribution is -2.31. The molecule has 3 N–H and O–H groups in total. The second-order valence-electron chi connectivity index (χ2n) is 4.74. The fraction of sp³-hybridized carbons (Fsp3) is 0.462. The van der Waals surface area contributed by atoms with Crippen molar-refractivity contribution >= 4 is 33.2 Å². The molecular weight excluding hydrogens is 296 g/mol. The van der Waals surface area contributed by atoms with Gasteiger partial charge in [-0.1, -0.05) is 6.92 Å². The Bertz CT molecular complexity index is 476. The van der Waals surface area contributed by atoms with Crippen LogP contribution in [0.2, 0.25) is 0 Å². The number of anilines is 2. The highest BCUT2D eigenvalue weighted by Gasteiger charge is 2.31. The summed E-state index contributed by atoms with van der Waals surface area (Å²) >= 11 is 3.42. The lowest BCUT2D eigenvalue weighted by molar-refractivity contribution is -0.126. The van der Waals surface area contributed by atoms with Gasteiger partial charge in [0.1, 0.15) is 6.10 Å². The van der Waals surface area contributed by atoms with Gasteiger partial charge in [0.2, 0.25) is 0 Å². The Kier molecular flexibility index (Phi) is 3.92. The molecule has 1 fully saturated rings. The third-order valence-corrected chi connectivity index (χ3v) is 3.92. The normalized spacial score (nSPS) is 23.1. The average Bonchev–Trinajstić information content (AvgIpc) is 2.72. The lowest BCUT2D eigenvalue weighted by Gasteiger charge is -2.16. The van der Waals surface area contributed by atoms with E-state index in [2.05, 4.69) is 21.2 Å². The second kappa shape index (κ2) is 5.28. The Morgan fingerprint density at radius 2 is 2.28 bits per heavy atom. The number of aryl methyl sites for hydroxylation is 1. The van der Waals surface area contributed by atoms with Gasteiger partial charge < -0.3 is 15.8 Å². The predicted octanol–water partition coefficient (Wildman–Crippen LogP) is 2.70. The van der Waals surface area contributed by atoms with Crippen LogP contribution < -0.4 is 11.1 Å². The number of benzene rings is 1. The van der Waals surface area contributed by atoms with Crippen LogP contribution in [0.15, 0.2) is 16.6 Å². The summed E-state index contributed by atoms with van der Waals surface area (Å²) in [6.07, 6.45) is 0.564. The third-order valence-electron chi connectivity index (χ3n) is 3.26. The third kappa shape index (κ3) is 2.67. The zero-order valence-corrected chi connectivity index (χ0v) is 12.1. The molecule has 2 atom stereocenters. The quantitative estimate of drug-likeness (QED) is 0.825. The highest BCUT2D eigenvalue weighted by molar-refractivity contribution is 9.10. The number of rotatable bonds is 2. The SMILES string of the molecule is Cc1cc(Br)c(NC(=O)C2OCCC2C)cc1N. The molecular formula is C13H17BrN2O2. The van der Waals surface area contributed by atoms with Gasteiger partial charge in [-0.05, 0) is 52.9 Å². The van der Waals surface area contributed by atoms with Crippen LogP contribution in [0.5, 0.6) is 0 Å². The number of carbonyl (C=O) groups excluding carboxylic acids is 1. The maximum Gasteiger partial charge on any atom is 0.253 e. The number of hydrogen-bond donors (Lipinski definition) is 2. The average molecular weight is 313 g/mol. The second-order valence-corrected chi connectivity index (χ2v) is 5.59. The summed E-state index contributed by atoms with van der Waals surface area (Å²) in [5.74, 6) is 0.149. The highest BCUT2D eigenvalue weighted by Crippen LogP contribution is 2.29. The van der Waals surface area contributed by atoms with Crippen molar-refractivity contribution in [2.75, 3.05) is 17.7 Å². The van der Waals surface area contributed by atoms with E-state index in [1.54, 1.807) is 6.07 Å². The zero-order valence-electron chi connectivity index (χ0n) is 10.5. The van der Waals surface area contributed by atoms with Crippen molar-refractivity contribution < 1.29 is 9.53 Å². The molecule has 4 nitrogen and oxygen atoms in total. The molecule has 1 amide bonds. The summed E-state index contributed by atoms with van der Waals surface area (Å²) in [6, 6.07) is 3.65. The van der Waals surface area contributed by atoms with Crippen LogP contribution in [0.3, 0.4) is 0 Å². The summed E-state index contributed by atoms with van der Waals surface area (Å²) in [7, 11) is 0. The number of nitrogen functional groups attached to an aromatic ring is 1. The molecule has 0 aromatic heterocycles. The lowest BCUT2D eigenvalue weighted by atomic mass is 10.0. The minimum atomic E-state index is -0.362. The molecule has 1 aromatic rings. The van der Waals surface area contributed by atoms with Crippen molar-refractivity contribution in [3.8, 4) is 0 Å². The summed E-state index contributed by atoms with van der Waals surface area (Å²) in [5, 5.41) is 2.86. The van der Waals surface area contributed by atoms with Crippen LogP contribution in [0, 0.1) is 12.8 Å². The zero-order chi connectivity index (χ0) is 13.3. The molecule has 2 rings (SSSR count). The fourth-order valence-electron chi connectivity index (χ4n) is 2.02. The first-order chi connectivity index (χ1) is 8.49. The summed E-state index contributed by atoms with van der Waals surface area (Å²) in [6.45, 7) is 4.60. The first kappa shape index (κ1) is 13.4. The van der Waals surface area contributed by atoms with Gasteiger partial charge in [0.05, 0.1) is 5.69 Å². The summed E-state index contributed by atoms with van der Waals surface area (Å²) in [5.41, 5.74) is 8.17. The van der Waals surface area contributed by atoms with Crippen LogP contribution in [-0.2, 0) is 9.53 Å². The van der Waals surface area contributed by atoms with Crippen LogP contribution in [0.4, 0.5) is 11.4 Å². The smallest absolute Gasteiger partial charge is 0.253 e. The van der Waals surface area contributed by atoms with E-state index in [1.165, 1.54) is 0 Å². The fourth-order valence-corrected chi connectivity index (χ4v) is 2.58. The maximum absolute atomic E-state index is 12.1. The monoisotopic (exact) mass is 312 g/mol. The molecule has 1 aliphatic heterocycles. The first-order valence-electron chi connectivity index (χ1n) is 5.97. The number of ether oxygens (including phenoxy) is 1. The van der Waals surface area contributed by atoms with Crippen LogP contribution >= 0.6 is 15.9 Å². The van der Waals surface area contributed by atoms with Gasteiger partial charge in [0.15, 0.2) is 0 Å². The van der Waals surface area contributed by atoms with Gasteiger partial charge >= 0.3 is 0 Å². The Morgan fingerprint density at radius 1 is 1.56 bits per heavy atom. The van der Waals surface area contributed by atoms with Crippen molar-refractivity contribution in [1.29, 1.82) is 0 Å². The maximum atomic E-state index is 12.1. The molecule has 98 valence electrons. The summed E-state index contributed by atoms with van der Waals surface area (Å²) in [4.78, 5) is 12.1. The number of carbonyl (C=O) groups is 1. The molecule has 1 aromatic carbocycles. The molecule has 1 aliphatic rings. The molecule has 1 saturated heterocycles. The molecule has 0 spiro atoms. The van der Waals surface area contributed by atoms with E-state index in [4.69, 9.17) is 10.5 Å². The van der Waals surface area contributed by atoms with Crippen molar-refractivity contribution in [2.24, 2.45) is 5.92 Å². The van der Waals surface area contributed by atoms with Crippen LogP contribution in [-0.4, -0.2) is 18.6 Å². The van der Waals surface area contributed by atoms with Gasteiger partial charge in [0.25, 0.3) is 5.91 Å². The molecule has 0 bridgehead atoms. The molecule has 0 radical (unpaired) electrons. The minimum Gasteiger partial charge on any atom is -0.398 e. The highest BCUT2D eigenvalue weighted by atomic mass is 79.9. The van der Waals surface area contributed by atoms with E-state index < -0.39 is 0 Å². The Balaban J connectivity index is 2.14. The van der Waals surface area contributed by atoms with Crippen molar-refractivity contribution in [2.45, 2.75) is 26.4 Å². The number of nitrogens with two attached hydrogens (primary N) is 1. The van der Waals surface area contributed by atoms with Gasteiger partial charge in [-0.15, -0.1) is 0 Å². The molecule has 2 unspecified atom stereocenters. The van der Waals surface area contributed by atoms with Gasteiger partial charge in [-0.3, -0.25) is 4.79 Å². The predicted molar refractivity (Wildman–Crippen MR) is 75.4 cm³/mol. The molecule has 0 aliphatic carbocycles. The Labute approximate surface area is 115 Å². The van der Waals surface area contributed by atoms with E-state index in [-0.39, 0.29) is 17.9 Å². The molecule has 5 heteroatoms. The van der Waals surface area contributed by atoms with E-state index in [0.29, 0.717) is 18.0 Å². The molecule has 18 heavy (non-hydrogen) atoms. The first-order valence-corrected chi connectivity index (χ1v) is 6.76. The number of halogens is 1. The van der Waals surface area contributed by atoms with Gasteiger partial charge in [0, 0.05) is 16.8 Å². The van der Waals surface area contributed by atoms with E-state index >= 15 is 0 Å². The van der Waals surface area contributed by atoms with Gasteiger partial charge in [-0.25, -0.2) is 0 Å². The molecule has 1 heterocycles. The van der Waals surface area contributed by atoms with Crippen molar-refractivity contribution in [3.05, 3.63) is 22.2 Å².